The maximum Gasteiger partial charge on any atom is 0.260 e. The van der Waals surface area contributed by atoms with Crippen molar-refractivity contribution < 1.29 is 4.79 Å². The smallest absolute Gasteiger partial charge is 0.260 e. The number of thiophene rings is 1. The van der Waals surface area contributed by atoms with Crippen LogP contribution in [0.15, 0.2) is 47.3 Å². The molecule has 0 spiro atoms. The number of nitrogens with one attached hydrogen (secondary N) is 1. The Kier molecular flexibility index (Phi) is 3.50. The molecule has 128 valence electrons. The lowest BCUT2D eigenvalue weighted by Crippen LogP contribution is -2.17. The molecule has 0 atom stereocenters. The number of ketones is 1. The number of nitrogens with zero attached hydrogens (tertiary/aromatic N) is 1. The van der Waals surface area contributed by atoms with Gasteiger partial charge in [-0.05, 0) is 42.0 Å². The Morgan fingerprint density at radius 1 is 1.04 bits per heavy atom. The average molecular weight is 360 g/mol. The second-order valence-corrected chi connectivity index (χ2v) is 7.75. The number of aromatic amines is 1. The van der Waals surface area contributed by atoms with Gasteiger partial charge in [0.05, 0.1) is 5.39 Å². The van der Waals surface area contributed by atoms with Crippen molar-refractivity contribution in [1.82, 2.24) is 9.97 Å². The van der Waals surface area contributed by atoms with E-state index in [1.807, 2.05) is 36.4 Å². The Morgan fingerprint density at radius 3 is 2.77 bits per heavy atom. The van der Waals surface area contributed by atoms with Crippen LogP contribution in [0.2, 0.25) is 0 Å². The first-order valence-electron chi connectivity index (χ1n) is 8.79. The van der Waals surface area contributed by atoms with Crippen molar-refractivity contribution in [1.29, 1.82) is 0 Å². The fourth-order valence-corrected chi connectivity index (χ4v) is 5.08. The van der Waals surface area contributed by atoms with E-state index in [4.69, 9.17) is 0 Å². The molecule has 2 aromatic carbocycles. The van der Waals surface area contributed by atoms with Crippen LogP contribution in [0.25, 0.3) is 21.0 Å². The Bertz CT molecular complexity index is 1230. The minimum absolute atomic E-state index is 0.123. The number of hydrogen-bond donors (Lipinski definition) is 1. The molecule has 0 saturated heterocycles. The third-order valence-corrected chi connectivity index (χ3v) is 6.26. The predicted octanol–water partition coefficient (Wildman–Crippen LogP) is 4.25. The first-order chi connectivity index (χ1) is 12.7. The van der Waals surface area contributed by atoms with Crippen molar-refractivity contribution in [3.05, 3.63) is 74.6 Å². The summed E-state index contributed by atoms with van der Waals surface area (Å²) >= 11 is 1.56. The van der Waals surface area contributed by atoms with E-state index in [9.17, 15) is 9.59 Å². The zero-order valence-corrected chi connectivity index (χ0v) is 14.9. The number of carbonyl (C=O) groups excluding carboxylic acids is 1. The van der Waals surface area contributed by atoms with E-state index in [-0.39, 0.29) is 17.2 Å². The molecule has 0 bridgehead atoms. The van der Waals surface area contributed by atoms with Crippen LogP contribution in [-0.2, 0) is 12.8 Å². The van der Waals surface area contributed by atoms with E-state index >= 15 is 0 Å². The maximum atomic E-state index is 13.1. The highest BCUT2D eigenvalue weighted by atomic mass is 32.1. The van der Waals surface area contributed by atoms with Gasteiger partial charge in [-0.1, -0.05) is 42.5 Å². The normalized spacial score (nSPS) is 13.8. The average Bonchev–Trinajstić information content (AvgIpc) is 3.06. The van der Waals surface area contributed by atoms with Gasteiger partial charge in [0.2, 0.25) is 5.78 Å². The van der Waals surface area contributed by atoms with Gasteiger partial charge >= 0.3 is 0 Å². The van der Waals surface area contributed by atoms with E-state index in [1.54, 1.807) is 17.4 Å². The molecule has 0 radical (unpaired) electrons. The van der Waals surface area contributed by atoms with Crippen LogP contribution >= 0.6 is 11.3 Å². The van der Waals surface area contributed by atoms with Crippen LogP contribution in [0.1, 0.15) is 39.5 Å². The van der Waals surface area contributed by atoms with Gasteiger partial charge in [-0.2, -0.15) is 0 Å². The third-order valence-electron chi connectivity index (χ3n) is 5.07. The topological polar surface area (TPSA) is 62.8 Å². The summed E-state index contributed by atoms with van der Waals surface area (Å²) in [6, 6.07) is 13.4. The minimum atomic E-state index is -0.243. The number of fused-ring (bicyclic) bond motifs is 4. The van der Waals surface area contributed by atoms with E-state index < -0.39 is 0 Å². The Morgan fingerprint density at radius 2 is 1.85 bits per heavy atom. The number of rotatable bonds is 2. The fourth-order valence-electron chi connectivity index (χ4n) is 3.82. The second-order valence-electron chi connectivity index (χ2n) is 6.66. The predicted molar refractivity (Wildman–Crippen MR) is 104 cm³/mol. The molecule has 0 unspecified atom stereocenters. The van der Waals surface area contributed by atoms with Gasteiger partial charge in [-0.25, -0.2) is 4.98 Å². The molecule has 4 nitrogen and oxygen atoms in total. The molecule has 5 rings (SSSR count). The molecule has 0 amide bonds. The zero-order valence-electron chi connectivity index (χ0n) is 14.0. The zero-order chi connectivity index (χ0) is 17.7. The molecule has 4 aromatic rings. The van der Waals surface area contributed by atoms with E-state index in [2.05, 4.69) is 9.97 Å². The van der Waals surface area contributed by atoms with Crippen LogP contribution in [0, 0.1) is 0 Å². The summed E-state index contributed by atoms with van der Waals surface area (Å²) in [5.41, 5.74) is 1.50. The van der Waals surface area contributed by atoms with Crippen LogP contribution < -0.4 is 5.56 Å². The molecular formula is C21H16N2O2S. The molecule has 2 heterocycles. The molecule has 2 aromatic heterocycles. The maximum absolute atomic E-state index is 13.1. The molecular weight excluding hydrogens is 344 g/mol. The number of aromatic nitrogens is 2. The summed E-state index contributed by atoms with van der Waals surface area (Å²) in [6.07, 6.45) is 4.19. The second kappa shape index (κ2) is 5.88. The largest absolute Gasteiger partial charge is 0.303 e. The van der Waals surface area contributed by atoms with Crippen molar-refractivity contribution >= 4 is 38.1 Å². The van der Waals surface area contributed by atoms with Crippen LogP contribution in [0.5, 0.6) is 0 Å². The lowest BCUT2D eigenvalue weighted by atomic mass is 9.97. The summed E-state index contributed by atoms with van der Waals surface area (Å²) < 4.78 is 0. The van der Waals surface area contributed by atoms with Gasteiger partial charge in [0.15, 0.2) is 5.82 Å². The summed E-state index contributed by atoms with van der Waals surface area (Å²) in [4.78, 5) is 35.0. The van der Waals surface area contributed by atoms with Gasteiger partial charge in [0, 0.05) is 10.4 Å². The van der Waals surface area contributed by atoms with Gasteiger partial charge < -0.3 is 4.98 Å². The SMILES string of the molecule is O=C(c1nc2sc3c(c2c(=O)[nH]1)CCCC3)c1cccc2ccccc12. The first kappa shape index (κ1) is 15.5. The van der Waals surface area contributed by atoms with E-state index in [1.165, 1.54) is 4.88 Å². The molecule has 0 aliphatic heterocycles. The molecule has 5 heteroatoms. The number of H-pyrrole nitrogens is 1. The Hall–Kier alpha value is -2.79. The molecule has 1 aliphatic carbocycles. The Labute approximate surface area is 153 Å². The molecule has 0 fully saturated rings. The highest BCUT2D eigenvalue weighted by molar-refractivity contribution is 7.18. The quantitative estimate of drug-likeness (QED) is 0.544. The van der Waals surface area contributed by atoms with Gasteiger partial charge in [-0.3, -0.25) is 9.59 Å². The molecule has 26 heavy (non-hydrogen) atoms. The van der Waals surface area contributed by atoms with E-state index in [0.29, 0.717) is 15.8 Å². The van der Waals surface area contributed by atoms with Crippen molar-refractivity contribution in [2.75, 3.05) is 0 Å². The van der Waals surface area contributed by atoms with Crippen LogP contribution in [0.4, 0.5) is 0 Å². The molecule has 0 saturated carbocycles. The number of benzene rings is 2. The summed E-state index contributed by atoms with van der Waals surface area (Å²) in [6.45, 7) is 0. The highest BCUT2D eigenvalue weighted by Gasteiger charge is 2.22. The summed E-state index contributed by atoms with van der Waals surface area (Å²) in [7, 11) is 0. The van der Waals surface area contributed by atoms with Gasteiger partial charge in [0.25, 0.3) is 5.56 Å². The summed E-state index contributed by atoms with van der Waals surface area (Å²) in [5, 5.41) is 2.54. The molecule has 1 N–H and O–H groups in total. The Balaban J connectivity index is 1.69. The van der Waals surface area contributed by atoms with Gasteiger partial charge in [-0.15, -0.1) is 11.3 Å². The van der Waals surface area contributed by atoms with Crippen LogP contribution in [0.3, 0.4) is 0 Å². The first-order valence-corrected chi connectivity index (χ1v) is 9.61. The van der Waals surface area contributed by atoms with Crippen molar-refractivity contribution in [3.63, 3.8) is 0 Å². The third kappa shape index (κ3) is 2.31. The van der Waals surface area contributed by atoms with E-state index in [0.717, 1.165) is 42.0 Å². The molecule has 1 aliphatic rings. The summed E-state index contributed by atoms with van der Waals surface area (Å²) in [5.74, 6) is -0.121. The number of carbonyl (C=O) groups is 1. The fraction of sp³-hybridized carbons (Fsp3) is 0.190. The number of hydrogen-bond acceptors (Lipinski definition) is 4. The highest BCUT2D eigenvalue weighted by Crippen LogP contribution is 2.33. The lowest BCUT2D eigenvalue weighted by Gasteiger charge is -2.09. The van der Waals surface area contributed by atoms with Crippen molar-refractivity contribution in [2.24, 2.45) is 0 Å². The minimum Gasteiger partial charge on any atom is -0.303 e. The van der Waals surface area contributed by atoms with Gasteiger partial charge in [0.1, 0.15) is 4.83 Å². The monoisotopic (exact) mass is 360 g/mol. The number of aryl methyl sites for hydroxylation is 2. The lowest BCUT2D eigenvalue weighted by molar-refractivity contribution is 0.103. The van der Waals surface area contributed by atoms with Crippen LogP contribution in [-0.4, -0.2) is 15.8 Å². The van der Waals surface area contributed by atoms with Crippen molar-refractivity contribution in [2.45, 2.75) is 25.7 Å². The standard InChI is InChI=1S/C21H16N2O2S/c24-18(14-10-5-7-12-6-1-2-8-13(12)14)19-22-20(25)17-15-9-3-4-11-16(15)26-21(17)23-19/h1-2,5-8,10H,3-4,9,11H2,(H,22,23,25). The van der Waals surface area contributed by atoms with Crippen molar-refractivity contribution in [3.8, 4) is 0 Å².